The molecule has 2 aromatic rings. The van der Waals surface area contributed by atoms with Crippen LogP contribution in [-0.4, -0.2) is 18.9 Å². The van der Waals surface area contributed by atoms with Gasteiger partial charge in [0.1, 0.15) is 12.4 Å². The molecule has 0 aliphatic heterocycles. The largest absolute Gasteiger partial charge is 0.489 e. The summed E-state index contributed by atoms with van der Waals surface area (Å²) < 4.78 is 10.4. The summed E-state index contributed by atoms with van der Waals surface area (Å²) in [5.74, 6) is -0.755. The molecule has 0 atom stereocenters. The minimum absolute atomic E-state index is 0.219. The number of benzene rings is 2. The third-order valence-corrected chi connectivity index (χ3v) is 4.05. The highest BCUT2D eigenvalue weighted by molar-refractivity contribution is 6.41. The summed E-state index contributed by atoms with van der Waals surface area (Å²) >= 11 is 0. The predicted molar refractivity (Wildman–Crippen MR) is 92.4 cm³/mol. The average Bonchev–Trinajstić information content (AvgIpc) is 2.59. The number of carbonyl (C=O) groups is 2. The van der Waals surface area contributed by atoms with Gasteiger partial charge in [0, 0.05) is 11.1 Å². The van der Waals surface area contributed by atoms with Gasteiger partial charge in [-0.1, -0.05) is 37.3 Å². The van der Waals surface area contributed by atoms with Gasteiger partial charge in [0.2, 0.25) is 0 Å². The van der Waals surface area contributed by atoms with Gasteiger partial charge < -0.3 is 9.47 Å². The van der Waals surface area contributed by atoms with Gasteiger partial charge in [-0.2, -0.15) is 0 Å². The molecule has 0 aliphatic rings. The summed E-state index contributed by atoms with van der Waals surface area (Å²) in [6, 6.07) is 11.3. The maximum atomic E-state index is 12.2. The molecular formula is C20H22O4. The Morgan fingerprint density at radius 2 is 1.79 bits per heavy atom. The maximum Gasteiger partial charge on any atom is 0.379 e. The Morgan fingerprint density at radius 3 is 2.42 bits per heavy atom. The first-order chi connectivity index (χ1) is 11.5. The second kappa shape index (κ2) is 7.77. The molecule has 0 saturated heterocycles. The molecule has 0 aromatic heterocycles. The quantitative estimate of drug-likeness (QED) is 0.460. The fraction of sp³-hybridized carbons (Fsp3) is 0.300. The smallest absolute Gasteiger partial charge is 0.379 e. The van der Waals surface area contributed by atoms with E-state index in [0.29, 0.717) is 11.1 Å². The summed E-state index contributed by atoms with van der Waals surface area (Å²) in [7, 11) is 1.20. The molecule has 24 heavy (non-hydrogen) atoms. The number of carbonyl (C=O) groups excluding carboxylic acids is 2. The average molecular weight is 326 g/mol. The van der Waals surface area contributed by atoms with Crippen LogP contribution in [0.2, 0.25) is 0 Å². The molecule has 0 radical (unpaired) electrons. The molecule has 0 amide bonds. The van der Waals surface area contributed by atoms with E-state index in [9.17, 15) is 9.59 Å². The van der Waals surface area contributed by atoms with Crippen LogP contribution in [0.25, 0.3) is 0 Å². The van der Waals surface area contributed by atoms with Crippen molar-refractivity contribution in [2.75, 3.05) is 7.11 Å². The Morgan fingerprint density at radius 1 is 1.04 bits per heavy atom. The molecule has 0 spiro atoms. The molecule has 0 aliphatic carbocycles. The lowest BCUT2D eigenvalue weighted by atomic mass is 9.99. The molecule has 4 nitrogen and oxygen atoms in total. The zero-order valence-corrected chi connectivity index (χ0v) is 14.5. The van der Waals surface area contributed by atoms with E-state index < -0.39 is 11.8 Å². The van der Waals surface area contributed by atoms with E-state index in [0.717, 1.165) is 23.3 Å². The lowest BCUT2D eigenvalue weighted by Gasteiger charge is -2.14. The molecule has 0 N–H and O–H groups in total. The van der Waals surface area contributed by atoms with Gasteiger partial charge in [0.25, 0.3) is 5.78 Å². The van der Waals surface area contributed by atoms with Gasteiger partial charge in [-0.25, -0.2) is 4.79 Å². The molecule has 0 heterocycles. The van der Waals surface area contributed by atoms with Crippen molar-refractivity contribution in [3.63, 3.8) is 0 Å². The lowest BCUT2D eigenvalue weighted by Crippen LogP contribution is -2.18. The molecule has 0 fully saturated rings. The summed E-state index contributed by atoms with van der Waals surface area (Å²) in [5.41, 5.74) is 4.21. The van der Waals surface area contributed by atoms with Crippen molar-refractivity contribution in [2.45, 2.75) is 33.8 Å². The molecule has 0 bridgehead atoms. The maximum absolute atomic E-state index is 12.2. The van der Waals surface area contributed by atoms with E-state index in [4.69, 9.17) is 4.74 Å². The molecule has 2 aromatic carbocycles. The van der Waals surface area contributed by atoms with E-state index in [1.54, 1.807) is 12.1 Å². The zero-order chi connectivity index (χ0) is 17.7. The third-order valence-electron chi connectivity index (χ3n) is 4.05. The van der Waals surface area contributed by atoms with Crippen molar-refractivity contribution < 1.29 is 19.1 Å². The number of esters is 1. The number of ether oxygens (including phenoxy) is 2. The highest BCUT2D eigenvalue weighted by Crippen LogP contribution is 2.23. The number of hydrogen-bond acceptors (Lipinski definition) is 4. The Kier molecular flexibility index (Phi) is 5.74. The summed E-state index contributed by atoms with van der Waals surface area (Å²) in [4.78, 5) is 23.7. The van der Waals surface area contributed by atoms with Crippen molar-refractivity contribution >= 4 is 11.8 Å². The van der Waals surface area contributed by atoms with E-state index in [2.05, 4.69) is 17.7 Å². The number of Topliss-reactive ketones (excluding diaryl/α,β-unsaturated/α-hetero) is 1. The highest BCUT2D eigenvalue weighted by atomic mass is 16.5. The topological polar surface area (TPSA) is 52.6 Å². The molecule has 2 rings (SSSR count). The molecule has 126 valence electrons. The number of hydrogen-bond donors (Lipinski definition) is 0. The standard InChI is InChI=1S/C20H22O4/c1-5-15-9-10-18(14(3)11-15)24-12-17-13(2)7-6-8-16(17)19(21)20(22)23-4/h6-11H,5,12H2,1-4H3. The van der Waals surface area contributed by atoms with Crippen LogP contribution >= 0.6 is 0 Å². The Bertz CT molecular complexity index is 762. The number of rotatable bonds is 6. The van der Waals surface area contributed by atoms with Gasteiger partial charge in [0.05, 0.1) is 7.11 Å². The van der Waals surface area contributed by atoms with Crippen molar-refractivity contribution in [1.82, 2.24) is 0 Å². The first-order valence-corrected chi connectivity index (χ1v) is 7.91. The van der Waals surface area contributed by atoms with E-state index in [-0.39, 0.29) is 6.61 Å². The van der Waals surface area contributed by atoms with Crippen LogP contribution in [-0.2, 0) is 22.6 Å². The van der Waals surface area contributed by atoms with Crippen LogP contribution in [0.3, 0.4) is 0 Å². The SMILES string of the molecule is CCc1ccc(OCc2c(C)cccc2C(=O)C(=O)OC)c(C)c1. The van der Waals surface area contributed by atoms with Crippen LogP contribution < -0.4 is 4.74 Å². The van der Waals surface area contributed by atoms with Gasteiger partial charge in [0.15, 0.2) is 0 Å². The third kappa shape index (κ3) is 3.82. The number of methoxy groups -OCH3 is 1. The van der Waals surface area contributed by atoms with Gasteiger partial charge >= 0.3 is 5.97 Å². The van der Waals surface area contributed by atoms with Gasteiger partial charge in [-0.15, -0.1) is 0 Å². The highest BCUT2D eigenvalue weighted by Gasteiger charge is 2.21. The zero-order valence-electron chi connectivity index (χ0n) is 14.5. The predicted octanol–water partition coefficient (Wildman–Crippen LogP) is 3.80. The van der Waals surface area contributed by atoms with Crippen molar-refractivity contribution in [3.8, 4) is 5.75 Å². The number of aryl methyl sites for hydroxylation is 3. The van der Waals surface area contributed by atoms with E-state index in [1.807, 2.05) is 32.0 Å². The summed E-state index contributed by atoms with van der Waals surface area (Å²) in [5, 5.41) is 0. The van der Waals surface area contributed by atoms with Gasteiger partial charge in [-0.3, -0.25) is 4.79 Å². The monoisotopic (exact) mass is 326 g/mol. The normalized spacial score (nSPS) is 10.3. The summed E-state index contributed by atoms with van der Waals surface area (Å²) in [6.45, 7) is 6.21. The van der Waals surface area contributed by atoms with Crippen LogP contribution in [0.4, 0.5) is 0 Å². The Hall–Kier alpha value is -2.62. The second-order valence-corrected chi connectivity index (χ2v) is 5.66. The molecule has 0 saturated carbocycles. The summed E-state index contributed by atoms with van der Waals surface area (Å²) in [6.07, 6.45) is 0.969. The first-order valence-electron chi connectivity index (χ1n) is 7.91. The Labute approximate surface area is 142 Å². The molecule has 0 unspecified atom stereocenters. The molecular weight excluding hydrogens is 304 g/mol. The van der Waals surface area contributed by atoms with Crippen molar-refractivity contribution in [1.29, 1.82) is 0 Å². The van der Waals surface area contributed by atoms with Gasteiger partial charge in [-0.05, 0) is 43.0 Å². The van der Waals surface area contributed by atoms with Crippen molar-refractivity contribution in [2.24, 2.45) is 0 Å². The number of ketones is 1. The van der Waals surface area contributed by atoms with Crippen LogP contribution in [0.5, 0.6) is 5.75 Å². The Balaban J connectivity index is 2.27. The van der Waals surface area contributed by atoms with Crippen LogP contribution in [0.15, 0.2) is 36.4 Å². The minimum Gasteiger partial charge on any atom is -0.489 e. The fourth-order valence-corrected chi connectivity index (χ4v) is 2.55. The van der Waals surface area contributed by atoms with Crippen LogP contribution in [0.1, 0.15) is 39.5 Å². The lowest BCUT2D eigenvalue weighted by molar-refractivity contribution is -0.135. The van der Waals surface area contributed by atoms with E-state index in [1.165, 1.54) is 12.7 Å². The second-order valence-electron chi connectivity index (χ2n) is 5.66. The van der Waals surface area contributed by atoms with E-state index >= 15 is 0 Å². The minimum atomic E-state index is -0.870. The fourth-order valence-electron chi connectivity index (χ4n) is 2.55. The first kappa shape index (κ1) is 17.7. The van der Waals surface area contributed by atoms with Crippen LogP contribution in [0, 0.1) is 13.8 Å². The molecule has 4 heteroatoms. The van der Waals surface area contributed by atoms with Crippen molar-refractivity contribution in [3.05, 3.63) is 64.2 Å².